The smallest absolute Gasteiger partial charge is 0.133 e. The number of nitrogens with zero attached hydrogens (tertiary/aromatic N) is 1. The molecular formula is C20H40N2O. The monoisotopic (exact) mass is 324 g/mol. The van der Waals surface area contributed by atoms with Crippen LogP contribution in [0.2, 0.25) is 0 Å². The van der Waals surface area contributed by atoms with Gasteiger partial charge in [0.05, 0.1) is 0 Å². The lowest BCUT2D eigenvalue weighted by Gasteiger charge is -2.46. The van der Waals surface area contributed by atoms with Crippen LogP contribution in [0.1, 0.15) is 85.5 Å². The third-order valence-corrected chi connectivity index (χ3v) is 5.73. The summed E-state index contributed by atoms with van der Waals surface area (Å²) in [6, 6.07) is 0.661. The van der Waals surface area contributed by atoms with Crippen molar-refractivity contribution in [1.29, 1.82) is 0 Å². The van der Waals surface area contributed by atoms with E-state index in [1.165, 1.54) is 64.6 Å². The van der Waals surface area contributed by atoms with Gasteiger partial charge in [0.25, 0.3) is 0 Å². The lowest BCUT2D eigenvalue weighted by atomic mass is 9.67. The maximum atomic E-state index is 11.3. The second-order valence-electron chi connectivity index (χ2n) is 7.21. The molecule has 3 heteroatoms. The van der Waals surface area contributed by atoms with Crippen LogP contribution >= 0.6 is 0 Å². The molecule has 136 valence electrons. The fraction of sp³-hybridized carbons (Fsp3) is 0.950. The Hall–Kier alpha value is -0.410. The fourth-order valence-corrected chi connectivity index (χ4v) is 4.09. The Kier molecular flexibility index (Phi) is 10.0. The van der Waals surface area contributed by atoms with Crippen molar-refractivity contribution in [3.63, 3.8) is 0 Å². The minimum atomic E-state index is 0.387. The van der Waals surface area contributed by atoms with Crippen LogP contribution in [0.4, 0.5) is 0 Å². The van der Waals surface area contributed by atoms with E-state index in [0.29, 0.717) is 30.1 Å². The van der Waals surface area contributed by atoms with E-state index in [2.05, 4.69) is 17.1 Å². The van der Waals surface area contributed by atoms with Gasteiger partial charge in [0.15, 0.2) is 0 Å². The quantitative estimate of drug-likeness (QED) is 0.753. The Labute approximate surface area is 144 Å². The van der Waals surface area contributed by atoms with Crippen molar-refractivity contribution < 1.29 is 4.79 Å². The molecule has 3 nitrogen and oxygen atoms in total. The van der Waals surface area contributed by atoms with Crippen molar-refractivity contribution >= 4 is 5.78 Å². The fourth-order valence-electron chi connectivity index (χ4n) is 4.09. The van der Waals surface area contributed by atoms with Crippen molar-refractivity contribution in [3.8, 4) is 0 Å². The summed E-state index contributed by atoms with van der Waals surface area (Å²) in [7, 11) is 0. The van der Waals surface area contributed by atoms with Crippen LogP contribution < -0.4 is 5.32 Å². The van der Waals surface area contributed by atoms with Crippen LogP contribution in [-0.4, -0.2) is 42.9 Å². The lowest BCUT2D eigenvalue weighted by Crippen LogP contribution is -2.45. The third-order valence-electron chi connectivity index (χ3n) is 5.73. The molecular weight excluding hydrogens is 284 g/mol. The van der Waals surface area contributed by atoms with E-state index in [4.69, 9.17) is 0 Å². The van der Waals surface area contributed by atoms with Crippen molar-refractivity contribution in [2.75, 3.05) is 26.2 Å². The maximum Gasteiger partial charge on any atom is 0.133 e. The van der Waals surface area contributed by atoms with Crippen LogP contribution in [0.25, 0.3) is 0 Å². The van der Waals surface area contributed by atoms with Crippen LogP contribution in [0.15, 0.2) is 0 Å². The molecule has 0 aromatic heterocycles. The zero-order valence-electron chi connectivity index (χ0n) is 16.1. The van der Waals surface area contributed by atoms with E-state index in [1.54, 1.807) is 0 Å². The van der Waals surface area contributed by atoms with E-state index in [9.17, 15) is 4.79 Å². The second-order valence-corrected chi connectivity index (χ2v) is 7.21. The van der Waals surface area contributed by atoms with Crippen molar-refractivity contribution in [3.05, 3.63) is 0 Å². The number of nitrogens with one attached hydrogen (secondary N) is 1. The Morgan fingerprint density at radius 1 is 1.09 bits per heavy atom. The Bertz CT molecular complexity index is 312. The van der Waals surface area contributed by atoms with Crippen LogP contribution in [0.5, 0.6) is 0 Å². The molecule has 1 saturated carbocycles. The summed E-state index contributed by atoms with van der Waals surface area (Å²) in [5, 5.41) is 3.61. The first-order valence-corrected chi connectivity index (χ1v) is 10.1. The van der Waals surface area contributed by atoms with Crippen LogP contribution in [-0.2, 0) is 4.79 Å². The minimum absolute atomic E-state index is 0.387. The first-order chi connectivity index (χ1) is 11.2. The zero-order valence-corrected chi connectivity index (χ0v) is 16.1. The molecule has 1 aliphatic heterocycles. The number of Topliss-reactive ketones (excluding diaryl/α,β-unsaturated/α-hetero) is 1. The molecule has 0 bridgehead atoms. The second kappa shape index (κ2) is 11.2. The van der Waals surface area contributed by atoms with Crippen LogP contribution in [0, 0.1) is 5.41 Å². The van der Waals surface area contributed by atoms with Gasteiger partial charge in [-0.25, -0.2) is 0 Å². The molecule has 2 fully saturated rings. The maximum absolute atomic E-state index is 11.3. The van der Waals surface area contributed by atoms with Gasteiger partial charge in [-0.15, -0.1) is 0 Å². The number of hydrogen-bond acceptors (Lipinski definition) is 3. The molecule has 1 N–H and O–H groups in total. The summed E-state index contributed by atoms with van der Waals surface area (Å²) in [5.74, 6) is 0.387. The molecule has 1 heterocycles. The van der Waals surface area contributed by atoms with Gasteiger partial charge in [-0.3, -0.25) is 4.79 Å². The first-order valence-electron chi connectivity index (χ1n) is 10.1. The summed E-state index contributed by atoms with van der Waals surface area (Å²) in [4.78, 5) is 14.0. The molecule has 1 spiro atoms. The average molecular weight is 325 g/mol. The Morgan fingerprint density at radius 2 is 1.70 bits per heavy atom. The van der Waals surface area contributed by atoms with Gasteiger partial charge < -0.3 is 10.2 Å². The summed E-state index contributed by atoms with van der Waals surface area (Å²) in [6.45, 7) is 13.0. The van der Waals surface area contributed by atoms with E-state index >= 15 is 0 Å². The molecule has 0 amide bonds. The predicted octanol–water partition coefficient (Wildman–Crippen LogP) is 4.41. The highest BCUT2D eigenvalue weighted by Crippen LogP contribution is 2.44. The summed E-state index contributed by atoms with van der Waals surface area (Å²) < 4.78 is 0. The molecule has 2 rings (SSSR count). The Morgan fingerprint density at radius 3 is 2.22 bits per heavy atom. The topological polar surface area (TPSA) is 32.3 Å². The summed E-state index contributed by atoms with van der Waals surface area (Å²) >= 11 is 0. The molecule has 0 atom stereocenters. The minimum Gasteiger partial charge on any atom is -0.314 e. The van der Waals surface area contributed by atoms with Gasteiger partial charge >= 0.3 is 0 Å². The standard InChI is InChI=1S/C18H34N2O.C2H6/c1-3-13-20-14-10-18(11-15-20)8-5-16(6-9-18)19-12-7-17(21)4-2;1-2/h16,19H,3-15H2,1-2H3;1-2H3. The molecule has 0 radical (unpaired) electrons. The van der Waals surface area contributed by atoms with Gasteiger partial charge in [0, 0.05) is 25.4 Å². The number of likely N-dealkylation sites (tertiary alicyclic amines) is 1. The van der Waals surface area contributed by atoms with Gasteiger partial charge in [0.1, 0.15) is 5.78 Å². The molecule has 2 aliphatic rings. The van der Waals surface area contributed by atoms with E-state index in [-0.39, 0.29) is 0 Å². The van der Waals surface area contributed by atoms with Gasteiger partial charge in [-0.1, -0.05) is 27.7 Å². The Balaban J connectivity index is 0.00000127. The first kappa shape index (κ1) is 20.6. The van der Waals surface area contributed by atoms with Crippen molar-refractivity contribution in [1.82, 2.24) is 10.2 Å². The molecule has 1 aliphatic carbocycles. The normalized spacial score (nSPS) is 21.7. The number of carbonyl (C=O) groups is 1. The molecule has 0 aromatic rings. The number of ketones is 1. The van der Waals surface area contributed by atoms with Crippen molar-refractivity contribution in [2.24, 2.45) is 5.41 Å². The van der Waals surface area contributed by atoms with Gasteiger partial charge in [-0.05, 0) is 70.0 Å². The molecule has 0 aromatic carbocycles. The highest BCUT2D eigenvalue weighted by Gasteiger charge is 2.37. The highest BCUT2D eigenvalue weighted by molar-refractivity contribution is 5.78. The van der Waals surface area contributed by atoms with E-state index < -0.39 is 0 Å². The number of piperidine rings is 1. The SMILES string of the molecule is CC.CCCN1CCC2(CCC(NCCC(=O)CC)CC2)CC1. The van der Waals surface area contributed by atoms with Crippen LogP contribution in [0.3, 0.4) is 0 Å². The predicted molar refractivity (Wildman–Crippen MR) is 99.9 cm³/mol. The average Bonchev–Trinajstić information content (AvgIpc) is 2.61. The lowest BCUT2D eigenvalue weighted by molar-refractivity contribution is -0.118. The number of rotatable bonds is 7. The number of hydrogen-bond donors (Lipinski definition) is 1. The molecule has 23 heavy (non-hydrogen) atoms. The summed E-state index contributed by atoms with van der Waals surface area (Å²) in [6.07, 6.45) is 10.9. The van der Waals surface area contributed by atoms with Gasteiger partial charge in [-0.2, -0.15) is 0 Å². The van der Waals surface area contributed by atoms with Gasteiger partial charge in [0.2, 0.25) is 0 Å². The zero-order chi connectivity index (χ0) is 17.1. The summed E-state index contributed by atoms with van der Waals surface area (Å²) in [5.41, 5.74) is 0.654. The highest BCUT2D eigenvalue weighted by atomic mass is 16.1. The van der Waals surface area contributed by atoms with E-state index in [0.717, 1.165) is 6.54 Å². The number of carbonyl (C=O) groups excluding carboxylic acids is 1. The largest absolute Gasteiger partial charge is 0.314 e. The van der Waals surface area contributed by atoms with E-state index in [1.807, 2.05) is 20.8 Å². The molecule has 0 unspecified atom stereocenters. The van der Waals surface area contributed by atoms with Crippen molar-refractivity contribution in [2.45, 2.75) is 91.5 Å². The third kappa shape index (κ3) is 6.93. The molecule has 1 saturated heterocycles.